The van der Waals surface area contributed by atoms with Crippen LogP contribution in [0.2, 0.25) is 0 Å². The summed E-state index contributed by atoms with van der Waals surface area (Å²) in [4.78, 5) is 26.0. The average Bonchev–Trinajstić information content (AvgIpc) is 2.63. The first-order valence-electron chi connectivity index (χ1n) is 8.37. The number of carboxylic acids is 1. The molecule has 2 aromatic rings. The van der Waals surface area contributed by atoms with Crippen molar-refractivity contribution in [1.29, 1.82) is 0 Å². The molecule has 0 heterocycles. The second kappa shape index (κ2) is 10.2. The number of nitrogens with one attached hydrogen (secondary N) is 1. The number of amides is 1. The number of nitrogens with zero attached hydrogens (tertiary/aromatic N) is 1. The summed E-state index contributed by atoms with van der Waals surface area (Å²) in [5, 5.41) is 13.2. The van der Waals surface area contributed by atoms with Crippen molar-refractivity contribution in [1.82, 2.24) is 5.32 Å². The van der Waals surface area contributed by atoms with Gasteiger partial charge in [-0.2, -0.15) is 4.99 Å². The van der Waals surface area contributed by atoms with Gasteiger partial charge in [0.1, 0.15) is 18.4 Å². The molecular weight excluding hydrogens is 364 g/mol. The van der Waals surface area contributed by atoms with Gasteiger partial charge in [-0.25, -0.2) is 0 Å². The van der Waals surface area contributed by atoms with Crippen LogP contribution in [0.3, 0.4) is 0 Å². The van der Waals surface area contributed by atoms with Crippen molar-refractivity contribution in [2.24, 2.45) is 4.99 Å². The highest BCUT2D eigenvalue weighted by Gasteiger charge is 2.11. The lowest BCUT2D eigenvalue weighted by molar-refractivity contribution is -0.138. The van der Waals surface area contributed by atoms with E-state index in [9.17, 15) is 9.59 Å². The molecule has 0 radical (unpaired) electrons. The number of ether oxygens (including phenoxy) is 1. The number of hydrogen-bond acceptors (Lipinski definition) is 5. The van der Waals surface area contributed by atoms with E-state index in [1.807, 2.05) is 48.5 Å². The summed E-state index contributed by atoms with van der Waals surface area (Å²) in [5.74, 6) is -0.778. The summed E-state index contributed by atoms with van der Waals surface area (Å²) >= 11 is 4.59. The van der Waals surface area contributed by atoms with Gasteiger partial charge >= 0.3 is 5.97 Å². The monoisotopic (exact) mass is 384 g/mol. The van der Waals surface area contributed by atoms with Gasteiger partial charge in [-0.1, -0.05) is 24.3 Å². The van der Waals surface area contributed by atoms with Crippen LogP contribution in [0, 0.1) is 0 Å². The van der Waals surface area contributed by atoms with Crippen LogP contribution in [0.1, 0.15) is 24.5 Å². The molecule has 0 aliphatic heterocycles. The molecule has 0 spiro atoms. The van der Waals surface area contributed by atoms with Crippen molar-refractivity contribution in [2.45, 2.75) is 25.9 Å². The molecule has 2 N–H and O–H groups in total. The lowest BCUT2D eigenvalue weighted by atomic mass is 10.0. The fourth-order valence-electron chi connectivity index (χ4n) is 2.44. The molecule has 140 valence electrons. The van der Waals surface area contributed by atoms with Crippen molar-refractivity contribution in [3.8, 4) is 5.75 Å². The predicted octanol–water partition coefficient (Wildman–Crippen LogP) is 3.37. The van der Waals surface area contributed by atoms with Crippen molar-refractivity contribution in [3.05, 3.63) is 59.7 Å². The normalized spacial score (nSPS) is 11.1. The van der Waals surface area contributed by atoms with E-state index in [1.54, 1.807) is 6.92 Å². The number of hydrogen-bond donors (Lipinski definition) is 2. The predicted molar refractivity (Wildman–Crippen MR) is 106 cm³/mol. The summed E-state index contributed by atoms with van der Waals surface area (Å²) in [6, 6.07) is 15.4. The fourth-order valence-corrected chi connectivity index (χ4v) is 2.55. The second-order valence-electron chi connectivity index (χ2n) is 5.99. The topological polar surface area (TPSA) is 88.0 Å². The highest BCUT2D eigenvalue weighted by atomic mass is 32.1. The molecule has 1 amide bonds. The Morgan fingerprint density at radius 2 is 1.74 bits per heavy atom. The van der Waals surface area contributed by atoms with Crippen LogP contribution in [-0.4, -0.2) is 34.8 Å². The van der Waals surface area contributed by atoms with Crippen LogP contribution in [0.15, 0.2) is 53.5 Å². The van der Waals surface area contributed by atoms with Gasteiger partial charge in [-0.15, -0.1) is 0 Å². The van der Waals surface area contributed by atoms with Crippen molar-refractivity contribution in [3.63, 3.8) is 0 Å². The Morgan fingerprint density at radius 3 is 2.30 bits per heavy atom. The Bertz CT molecular complexity index is 828. The van der Waals surface area contributed by atoms with Crippen LogP contribution < -0.4 is 10.1 Å². The Morgan fingerprint density at radius 1 is 1.15 bits per heavy atom. The van der Waals surface area contributed by atoms with Crippen LogP contribution in [0.5, 0.6) is 5.75 Å². The first-order valence-corrected chi connectivity index (χ1v) is 8.78. The average molecular weight is 384 g/mol. The zero-order chi connectivity index (χ0) is 19.6. The van der Waals surface area contributed by atoms with E-state index in [0.29, 0.717) is 5.75 Å². The van der Waals surface area contributed by atoms with E-state index >= 15 is 0 Å². The van der Waals surface area contributed by atoms with Crippen molar-refractivity contribution in [2.75, 3.05) is 6.54 Å². The minimum absolute atomic E-state index is 0.0889. The first-order chi connectivity index (χ1) is 13.0. The van der Waals surface area contributed by atoms with Gasteiger partial charge < -0.3 is 15.2 Å². The van der Waals surface area contributed by atoms with Gasteiger partial charge in [0.15, 0.2) is 0 Å². The lowest BCUT2D eigenvalue weighted by Crippen LogP contribution is -2.32. The van der Waals surface area contributed by atoms with E-state index in [2.05, 4.69) is 27.7 Å². The number of thiocarbonyl (C=S) groups is 1. The molecule has 0 aromatic heterocycles. The third-order valence-electron chi connectivity index (χ3n) is 3.69. The smallest absolute Gasteiger partial charge is 0.322 e. The van der Waals surface area contributed by atoms with Gasteiger partial charge in [0.05, 0.1) is 17.3 Å². The van der Waals surface area contributed by atoms with E-state index in [4.69, 9.17) is 9.84 Å². The fraction of sp³-hybridized carbons (Fsp3) is 0.250. The maximum Gasteiger partial charge on any atom is 0.322 e. The quantitative estimate of drug-likeness (QED) is 0.511. The summed E-state index contributed by atoms with van der Waals surface area (Å²) in [6.07, 6.45) is 0.500. The number of carboxylic acid groups (broad SMARTS) is 1. The van der Waals surface area contributed by atoms with E-state index in [-0.39, 0.29) is 25.0 Å². The lowest BCUT2D eigenvalue weighted by Gasteiger charge is -2.14. The highest BCUT2D eigenvalue weighted by molar-refractivity contribution is 7.78. The number of carbonyl (C=O) groups is 2. The molecule has 27 heavy (non-hydrogen) atoms. The number of isothiocyanates is 1. The Labute approximate surface area is 162 Å². The van der Waals surface area contributed by atoms with Gasteiger partial charge in [0, 0.05) is 0 Å². The highest BCUT2D eigenvalue weighted by Crippen LogP contribution is 2.19. The number of rotatable bonds is 9. The summed E-state index contributed by atoms with van der Waals surface area (Å²) in [5.41, 5.74) is 3.05. The number of carbonyl (C=O) groups excluding carboxylic acids is 1. The van der Waals surface area contributed by atoms with Gasteiger partial charge in [-0.05, 0) is 61.0 Å². The molecule has 6 nitrogen and oxygen atoms in total. The van der Waals surface area contributed by atoms with Crippen molar-refractivity contribution < 1.29 is 19.4 Å². The van der Waals surface area contributed by atoms with Gasteiger partial charge in [-0.3, -0.25) is 9.59 Å². The van der Waals surface area contributed by atoms with Crippen LogP contribution >= 0.6 is 12.2 Å². The third kappa shape index (κ3) is 7.40. The Hall–Kier alpha value is -3.02. The van der Waals surface area contributed by atoms with Crippen LogP contribution in [0.4, 0.5) is 5.69 Å². The molecule has 0 aliphatic carbocycles. The minimum atomic E-state index is -1.08. The molecule has 1 atom stereocenters. The molecule has 0 saturated heterocycles. The number of aliphatic carboxylic acids is 1. The number of aliphatic imine (C=N–C) groups is 1. The second-order valence-corrected chi connectivity index (χ2v) is 6.18. The van der Waals surface area contributed by atoms with Crippen molar-refractivity contribution >= 4 is 34.9 Å². The maximum absolute atomic E-state index is 11.6. The molecule has 0 saturated carbocycles. The molecule has 1 unspecified atom stereocenters. The first kappa shape index (κ1) is 20.3. The Balaban J connectivity index is 1.86. The third-order valence-corrected chi connectivity index (χ3v) is 3.78. The molecule has 0 fully saturated rings. The van der Waals surface area contributed by atoms with Crippen LogP contribution in [0.25, 0.3) is 0 Å². The summed E-state index contributed by atoms with van der Waals surface area (Å²) in [7, 11) is 0. The van der Waals surface area contributed by atoms with Gasteiger partial charge in [0.2, 0.25) is 5.91 Å². The largest absolute Gasteiger partial charge is 0.490 e. The molecule has 0 aliphatic rings. The molecule has 0 bridgehead atoms. The SMILES string of the molecule is CC(CC(=O)NCC(=O)O)Oc1ccc(Cc2ccc(N=C=S)cc2)cc1. The molecule has 2 rings (SSSR count). The summed E-state index contributed by atoms with van der Waals surface area (Å²) < 4.78 is 5.70. The van der Waals surface area contributed by atoms with E-state index in [0.717, 1.165) is 23.2 Å². The Kier molecular flexibility index (Phi) is 7.67. The van der Waals surface area contributed by atoms with E-state index < -0.39 is 5.97 Å². The standard InChI is InChI=1S/C20H20N2O4S/c1-14(10-19(23)21-12-20(24)25)26-18-8-4-16(5-9-18)11-15-2-6-17(7-3-15)22-13-27/h2-9,14H,10-12H2,1H3,(H,21,23)(H,24,25). The molecule has 7 heteroatoms. The molecule has 2 aromatic carbocycles. The minimum Gasteiger partial charge on any atom is -0.490 e. The number of benzene rings is 2. The molecular formula is C20H20N2O4S. The zero-order valence-corrected chi connectivity index (χ0v) is 15.7. The van der Waals surface area contributed by atoms with E-state index in [1.165, 1.54) is 0 Å². The van der Waals surface area contributed by atoms with Crippen LogP contribution in [-0.2, 0) is 16.0 Å². The summed E-state index contributed by atoms with van der Waals surface area (Å²) in [6.45, 7) is 1.37. The van der Waals surface area contributed by atoms with Gasteiger partial charge in [0.25, 0.3) is 0 Å². The maximum atomic E-state index is 11.6. The zero-order valence-electron chi connectivity index (χ0n) is 14.8.